The summed E-state index contributed by atoms with van der Waals surface area (Å²) in [6.07, 6.45) is 1.50. The number of carbonyl (C=O) groups excluding carboxylic acids is 2. The molecule has 0 unspecified atom stereocenters. The minimum Gasteiger partial charge on any atom is -0.481 e. The molecule has 0 aliphatic rings. The van der Waals surface area contributed by atoms with E-state index < -0.39 is 5.97 Å². The number of aryl methyl sites for hydroxylation is 1. The van der Waals surface area contributed by atoms with Crippen LogP contribution in [0, 0.1) is 6.92 Å². The smallest absolute Gasteiger partial charge is 0.343 e. The summed E-state index contributed by atoms with van der Waals surface area (Å²) in [5, 5.41) is 12.3. The Labute approximate surface area is 157 Å². The van der Waals surface area contributed by atoms with Crippen LogP contribution in [0.2, 0.25) is 0 Å². The van der Waals surface area contributed by atoms with Crippen LogP contribution in [0.5, 0.6) is 5.75 Å². The van der Waals surface area contributed by atoms with E-state index in [9.17, 15) is 14.4 Å². The highest BCUT2D eigenvalue weighted by atomic mass is 32.1. The van der Waals surface area contributed by atoms with Gasteiger partial charge in [-0.25, -0.2) is 4.79 Å². The fourth-order valence-electron chi connectivity index (χ4n) is 2.40. The number of rotatable bonds is 6. The number of esters is 1. The van der Waals surface area contributed by atoms with Gasteiger partial charge in [-0.2, -0.15) is 0 Å². The van der Waals surface area contributed by atoms with Gasteiger partial charge in [0.05, 0.1) is 12.5 Å². The number of fused-ring (bicyclic) bond motifs is 1. The molecule has 0 atom stereocenters. The van der Waals surface area contributed by atoms with Crippen molar-refractivity contribution in [2.24, 2.45) is 0 Å². The van der Waals surface area contributed by atoms with Crippen molar-refractivity contribution in [1.82, 2.24) is 14.8 Å². The third-order valence-electron chi connectivity index (χ3n) is 3.64. The zero-order chi connectivity index (χ0) is 19.4. The molecular weight excluding hydrogens is 372 g/mol. The van der Waals surface area contributed by atoms with Gasteiger partial charge in [-0.05, 0) is 25.1 Å². The molecule has 0 fully saturated rings. The molecule has 9 nitrogen and oxygen atoms in total. The summed E-state index contributed by atoms with van der Waals surface area (Å²) < 4.78 is 11.2. The molecule has 0 saturated carbocycles. The molecule has 2 heterocycles. The normalized spacial score (nSPS) is 10.6. The van der Waals surface area contributed by atoms with Gasteiger partial charge >= 0.3 is 5.97 Å². The third-order valence-corrected chi connectivity index (χ3v) is 4.39. The zero-order valence-electron chi connectivity index (χ0n) is 14.6. The molecule has 0 aliphatic carbocycles. The van der Waals surface area contributed by atoms with Crippen LogP contribution in [0.15, 0.2) is 35.3 Å². The monoisotopic (exact) mass is 388 g/mol. The Balaban J connectivity index is 1.81. The van der Waals surface area contributed by atoms with Crippen molar-refractivity contribution in [2.75, 3.05) is 19.0 Å². The van der Waals surface area contributed by atoms with Gasteiger partial charge in [0.1, 0.15) is 17.3 Å². The molecule has 27 heavy (non-hydrogen) atoms. The number of hydrogen-bond acceptors (Lipinski definition) is 8. The number of amides is 1. The van der Waals surface area contributed by atoms with Gasteiger partial charge in [0, 0.05) is 11.6 Å². The Morgan fingerprint density at radius 2 is 2.04 bits per heavy atom. The van der Waals surface area contributed by atoms with Crippen molar-refractivity contribution in [3.63, 3.8) is 0 Å². The Morgan fingerprint density at radius 3 is 2.74 bits per heavy atom. The molecule has 140 valence electrons. The highest BCUT2D eigenvalue weighted by Gasteiger charge is 2.12. The number of anilines is 1. The van der Waals surface area contributed by atoms with Gasteiger partial charge in [-0.15, -0.1) is 10.2 Å². The molecule has 1 N–H and O–H groups in total. The average Bonchev–Trinajstić information content (AvgIpc) is 3.06. The number of pyridine rings is 1. The number of benzene rings is 1. The molecule has 0 spiro atoms. The van der Waals surface area contributed by atoms with Crippen molar-refractivity contribution in [1.29, 1.82) is 0 Å². The fraction of sp³-hybridized carbons (Fsp3) is 0.235. The maximum absolute atomic E-state index is 12.7. The molecule has 1 amide bonds. The minimum absolute atomic E-state index is 0.166. The fourth-order valence-corrected chi connectivity index (χ4v) is 3.00. The first kappa shape index (κ1) is 18.5. The first-order chi connectivity index (χ1) is 13.0. The molecule has 2 aromatic heterocycles. The van der Waals surface area contributed by atoms with E-state index in [2.05, 4.69) is 20.3 Å². The van der Waals surface area contributed by atoms with Gasteiger partial charge in [0.25, 0.3) is 5.56 Å². The van der Waals surface area contributed by atoms with Crippen LogP contribution in [0.3, 0.4) is 0 Å². The van der Waals surface area contributed by atoms with Gasteiger partial charge in [0.2, 0.25) is 11.0 Å². The predicted molar refractivity (Wildman–Crippen MR) is 99.0 cm³/mol. The van der Waals surface area contributed by atoms with Crippen LogP contribution in [0.1, 0.15) is 5.01 Å². The molecule has 0 aliphatic heterocycles. The number of nitrogens with zero attached hydrogens (tertiary/aromatic N) is 3. The largest absolute Gasteiger partial charge is 0.481 e. The van der Waals surface area contributed by atoms with Crippen molar-refractivity contribution in [2.45, 2.75) is 13.5 Å². The first-order valence-electron chi connectivity index (χ1n) is 7.89. The number of carbonyl (C=O) groups is 2. The van der Waals surface area contributed by atoms with E-state index in [1.54, 1.807) is 31.2 Å². The first-order valence-corrected chi connectivity index (χ1v) is 8.71. The van der Waals surface area contributed by atoms with Crippen molar-refractivity contribution < 1.29 is 19.1 Å². The summed E-state index contributed by atoms with van der Waals surface area (Å²) in [6.45, 7) is 1.35. The maximum atomic E-state index is 12.7. The average molecular weight is 388 g/mol. The van der Waals surface area contributed by atoms with Gasteiger partial charge in [-0.1, -0.05) is 17.4 Å². The molecule has 0 saturated heterocycles. The van der Waals surface area contributed by atoms with Crippen LogP contribution < -0.4 is 15.6 Å². The van der Waals surface area contributed by atoms with Crippen molar-refractivity contribution in [3.8, 4) is 5.75 Å². The summed E-state index contributed by atoms with van der Waals surface area (Å²) in [5.74, 6) is -0.523. The zero-order valence-corrected chi connectivity index (χ0v) is 15.4. The van der Waals surface area contributed by atoms with E-state index in [0.29, 0.717) is 21.7 Å². The van der Waals surface area contributed by atoms with Crippen molar-refractivity contribution in [3.05, 3.63) is 45.8 Å². The Kier molecular flexibility index (Phi) is 5.46. The lowest BCUT2D eigenvalue weighted by atomic mass is 10.1. The van der Waals surface area contributed by atoms with E-state index in [1.807, 2.05) is 0 Å². The topological polar surface area (TPSA) is 112 Å². The highest BCUT2D eigenvalue weighted by Crippen LogP contribution is 2.23. The quantitative estimate of drug-likeness (QED) is 0.634. The van der Waals surface area contributed by atoms with Crippen LogP contribution in [-0.4, -0.2) is 40.4 Å². The Bertz CT molecular complexity index is 1060. The lowest BCUT2D eigenvalue weighted by molar-refractivity contribution is -0.142. The summed E-state index contributed by atoms with van der Waals surface area (Å²) in [4.78, 5) is 36.1. The van der Waals surface area contributed by atoms with E-state index >= 15 is 0 Å². The van der Waals surface area contributed by atoms with E-state index in [-0.39, 0.29) is 24.6 Å². The van der Waals surface area contributed by atoms with Crippen LogP contribution >= 0.6 is 11.3 Å². The number of aromatic nitrogens is 3. The third kappa shape index (κ3) is 4.29. The standard InChI is InChI=1S/C17H16N4O5S/c1-10-19-20-17(27-10)18-14(22)8-21-7-6-11-12(16(21)24)4-3-5-13(11)26-9-15(23)25-2/h3-7H,8-9H2,1-2H3,(H,18,20,22). The molecule has 0 radical (unpaired) electrons. The van der Waals surface area contributed by atoms with Gasteiger partial charge < -0.3 is 14.0 Å². The second kappa shape index (κ2) is 7.96. The lowest BCUT2D eigenvalue weighted by Gasteiger charge is -2.10. The SMILES string of the molecule is COC(=O)COc1cccc2c(=O)n(CC(=O)Nc3nnc(C)s3)ccc12. The molecule has 3 rings (SSSR count). The van der Waals surface area contributed by atoms with Crippen LogP contribution in [-0.2, 0) is 20.9 Å². The lowest BCUT2D eigenvalue weighted by Crippen LogP contribution is -2.27. The molecular formula is C17H16N4O5S. The predicted octanol–water partition coefficient (Wildman–Crippen LogP) is 1.35. The number of methoxy groups -OCH3 is 1. The molecule has 10 heteroatoms. The molecule has 3 aromatic rings. The molecule has 0 bridgehead atoms. The minimum atomic E-state index is -0.524. The summed E-state index contributed by atoms with van der Waals surface area (Å²) in [6, 6.07) is 6.58. The van der Waals surface area contributed by atoms with Crippen molar-refractivity contribution >= 4 is 39.1 Å². The van der Waals surface area contributed by atoms with E-state index in [1.165, 1.54) is 29.2 Å². The number of ether oxygens (including phenoxy) is 2. The summed E-state index contributed by atoms with van der Waals surface area (Å²) in [5.41, 5.74) is -0.348. The van der Waals surface area contributed by atoms with Crippen LogP contribution in [0.25, 0.3) is 10.8 Å². The number of nitrogens with one attached hydrogen (secondary N) is 1. The highest BCUT2D eigenvalue weighted by molar-refractivity contribution is 7.15. The molecule has 1 aromatic carbocycles. The van der Waals surface area contributed by atoms with E-state index in [4.69, 9.17) is 4.74 Å². The second-order valence-corrected chi connectivity index (χ2v) is 6.69. The Morgan fingerprint density at radius 1 is 1.22 bits per heavy atom. The van der Waals surface area contributed by atoms with Gasteiger partial charge in [0.15, 0.2) is 6.61 Å². The van der Waals surface area contributed by atoms with Gasteiger partial charge in [-0.3, -0.25) is 14.9 Å². The summed E-state index contributed by atoms with van der Waals surface area (Å²) >= 11 is 1.25. The Hall–Kier alpha value is -3.27. The van der Waals surface area contributed by atoms with Crippen LogP contribution in [0.4, 0.5) is 5.13 Å². The maximum Gasteiger partial charge on any atom is 0.343 e. The summed E-state index contributed by atoms with van der Waals surface area (Å²) in [7, 11) is 1.27. The number of hydrogen-bond donors (Lipinski definition) is 1. The van der Waals surface area contributed by atoms with E-state index in [0.717, 1.165) is 5.01 Å². The second-order valence-electron chi connectivity index (χ2n) is 5.51.